The van der Waals surface area contributed by atoms with E-state index in [-0.39, 0.29) is 11.8 Å². The molecule has 0 saturated carbocycles. The van der Waals surface area contributed by atoms with Crippen LogP contribution in [0.1, 0.15) is 35.9 Å². The third-order valence-corrected chi connectivity index (χ3v) is 5.13. The van der Waals surface area contributed by atoms with Gasteiger partial charge in [0.1, 0.15) is 5.82 Å². The van der Waals surface area contributed by atoms with Gasteiger partial charge in [-0.05, 0) is 58.2 Å². The van der Waals surface area contributed by atoms with Crippen LogP contribution in [0, 0.1) is 0 Å². The van der Waals surface area contributed by atoms with Gasteiger partial charge >= 0.3 is 0 Å². The highest BCUT2D eigenvalue weighted by Crippen LogP contribution is 2.27. The van der Waals surface area contributed by atoms with E-state index >= 15 is 0 Å². The molecule has 0 bridgehead atoms. The van der Waals surface area contributed by atoms with E-state index in [1.165, 1.54) is 0 Å². The Balaban J connectivity index is 1.53. The number of aromatic nitrogens is 4. The lowest BCUT2D eigenvalue weighted by atomic mass is 10.1. The molecule has 2 aromatic heterocycles. The number of benzene rings is 2. The van der Waals surface area contributed by atoms with E-state index in [4.69, 9.17) is 0 Å². The van der Waals surface area contributed by atoms with Crippen LogP contribution in [0.25, 0.3) is 22.4 Å². The molecule has 0 spiro atoms. The van der Waals surface area contributed by atoms with Crippen LogP contribution in [0.3, 0.4) is 0 Å². The molecule has 0 aliphatic carbocycles. The van der Waals surface area contributed by atoms with Crippen LogP contribution in [0.4, 0.5) is 5.69 Å². The normalized spacial score (nSPS) is 11.3. The number of anilines is 1. The lowest BCUT2D eigenvalue weighted by molar-refractivity contribution is 0.102. The van der Waals surface area contributed by atoms with E-state index in [9.17, 15) is 4.79 Å². The number of para-hydroxylation sites is 2. The second-order valence-corrected chi connectivity index (χ2v) is 7.38. The summed E-state index contributed by atoms with van der Waals surface area (Å²) in [5, 5.41) is 9.91. The number of amides is 1. The van der Waals surface area contributed by atoms with Gasteiger partial charge in [-0.25, -0.2) is 4.98 Å². The first kappa shape index (κ1) is 17.5. The summed E-state index contributed by atoms with van der Waals surface area (Å²) in [5.41, 5.74) is 4.82. The van der Waals surface area contributed by atoms with Crippen LogP contribution in [-0.4, -0.2) is 26.1 Å². The number of hydrogen-bond donors (Lipinski definition) is 3. The topological polar surface area (TPSA) is 86.5 Å². The maximum atomic E-state index is 12.5. The number of imidazole rings is 1. The van der Waals surface area contributed by atoms with Crippen LogP contribution in [0.5, 0.6) is 0 Å². The van der Waals surface area contributed by atoms with Crippen molar-refractivity contribution in [1.82, 2.24) is 20.2 Å². The molecule has 4 aromatic rings. The van der Waals surface area contributed by atoms with Crippen molar-refractivity contribution in [2.24, 2.45) is 0 Å². The number of aromatic amines is 2. The Morgan fingerprint density at radius 3 is 2.52 bits per heavy atom. The number of fused-ring (bicyclic) bond motifs is 1. The minimum atomic E-state index is -0.262. The lowest BCUT2D eigenvalue weighted by Gasteiger charge is -2.05. The maximum absolute atomic E-state index is 12.5. The van der Waals surface area contributed by atoms with E-state index in [2.05, 4.69) is 41.4 Å². The Morgan fingerprint density at radius 1 is 1.11 bits per heavy atom. The fourth-order valence-corrected chi connectivity index (χ4v) is 3.68. The number of rotatable bonds is 4. The van der Waals surface area contributed by atoms with Crippen molar-refractivity contribution in [1.29, 1.82) is 0 Å². The first-order chi connectivity index (χ1) is 13.0. The number of carbonyl (C=O) groups excluding carboxylic acids is 1. The highest BCUT2D eigenvalue weighted by Gasteiger charge is 2.19. The maximum Gasteiger partial charge on any atom is 0.277 e. The van der Waals surface area contributed by atoms with E-state index in [1.807, 2.05) is 62.4 Å². The number of nitrogens with one attached hydrogen (secondary N) is 3. The van der Waals surface area contributed by atoms with Gasteiger partial charge in [0.05, 0.1) is 21.2 Å². The van der Waals surface area contributed by atoms with Crippen molar-refractivity contribution < 1.29 is 4.79 Å². The molecule has 7 heteroatoms. The molecule has 0 fully saturated rings. The molecule has 0 aliphatic heterocycles. The van der Waals surface area contributed by atoms with Crippen molar-refractivity contribution in [2.45, 2.75) is 19.8 Å². The summed E-state index contributed by atoms with van der Waals surface area (Å²) >= 11 is 3.46. The van der Waals surface area contributed by atoms with Gasteiger partial charge in [0.25, 0.3) is 5.91 Å². The average Bonchev–Trinajstić information content (AvgIpc) is 3.25. The molecular formula is C20H18BrN5O. The van der Waals surface area contributed by atoms with Gasteiger partial charge in [-0.3, -0.25) is 9.89 Å². The summed E-state index contributed by atoms with van der Waals surface area (Å²) in [6.07, 6.45) is 0. The first-order valence-corrected chi connectivity index (χ1v) is 9.42. The zero-order chi connectivity index (χ0) is 19.0. The summed E-state index contributed by atoms with van der Waals surface area (Å²) in [4.78, 5) is 20.4. The number of hydrogen-bond acceptors (Lipinski definition) is 3. The quantitative estimate of drug-likeness (QED) is 0.427. The van der Waals surface area contributed by atoms with Crippen molar-refractivity contribution in [2.75, 3.05) is 5.32 Å². The highest BCUT2D eigenvalue weighted by atomic mass is 79.9. The fraction of sp³-hybridized carbons (Fsp3) is 0.150. The third kappa shape index (κ3) is 3.38. The Kier molecular flexibility index (Phi) is 4.53. The van der Waals surface area contributed by atoms with Crippen molar-refractivity contribution in [3.8, 4) is 11.4 Å². The smallest absolute Gasteiger partial charge is 0.277 e. The Morgan fingerprint density at radius 2 is 1.85 bits per heavy atom. The van der Waals surface area contributed by atoms with Crippen molar-refractivity contribution in [3.63, 3.8) is 0 Å². The van der Waals surface area contributed by atoms with E-state index in [0.717, 1.165) is 28.1 Å². The predicted octanol–water partition coefficient (Wildman–Crippen LogP) is 5.09. The highest BCUT2D eigenvalue weighted by molar-refractivity contribution is 9.10. The van der Waals surface area contributed by atoms with Gasteiger partial charge < -0.3 is 10.3 Å². The van der Waals surface area contributed by atoms with Gasteiger partial charge in [0.2, 0.25) is 0 Å². The number of nitrogens with zero attached hydrogens (tertiary/aromatic N) is 2. The molecule has 2 aromatic carbocycles. The zero-order valence-corrected chi connectivity index (χ0v) is 16.5. The van der Waals surface area contributed by atoms with Crippen LogP contribution in [0.15, 0.2) is 53.0 Å². The molecule has 3 N–H and O–H groups in total. The predicted molar refractivity (Wildman–Crippen MR) is 110 cm³/mol. The van der Waals surface area contributed by atoms with Crippen LogP contribution in [-0.2, 0) is 0 Å². The van der Waals surface area contributed by atoms with E-state index in [0.29, 0.717) is 15.9 Å². The van der Waals surface area contributed by atoms with E-state index < -0.39 is 0 Å². The largest absolute Gasteiger partial charge is 0.338 e. The summed E-state index contributed by atoms with van der Waals surface area (Å²) < 4.78 is 0.703. The Bertz CT molecular complexity index is 1080. The summed E-state index contributed by atoms with van der Waals surface area (Å²) in [7, 11) is 0. The molecule has 6 nitrogen and oxygen atoms in total. The Hall–Kier alpha value is -2.93. The monoisotopic (exact) mass is 423 g/mol. The van der Waals surface area contributed by atoms with Gasteiger partial charge in [-0.15, -0.1) is 0 Å². The third-order valence-electron chi connectivity index (χ3n) is 4.33. The molecular weight excluding hydrogens is 406 g/mol. The molecule has 0 unspecified atom stereocenters. The second kappa shape index (κ2) is 7.00. The molecule has 136 valence electrons. The first-order valence-electron chi connectivity index (χ1n) is 8.63. The SMILES string of the molecule is CC(C)c1[nH]nc(C(=O)Nc2ccc(-c3nc4ccccc4[nH]3)cc2)c1Br. The Labute approximate surface area is 164 Å². The van der Waals surface area contributed by atoms with Gasteiger partial charge in [-0.1, -0.05) is 26.0 Å². The number of halogens is 1. The molecule has 4 rings (SSSR count). The molecule has 27 heavy (non-hydrogen) atoms. The molecule has 0 saturated heterocycles. The van der Waals surface area contributed by atoms with Crippen molar-refractivity contribution >= 4 is 38.6 Å². The molecule has 0 atom stereocenters. The minimum Gasteiger partial charge on any atom is -0.338 e. The lowest BCUT2D eigenvalue weighted by Crippen LogP contribution is -2.13. The van der Waals surface area contributed by atoms with Gasteiger partial charge in [-0.2, -0.15) is 5.10 Å². The molecule has 2 heterocycles. The minimum absolute atomic E-state index is 0.247. The van der Waals surface area contributed by atoms with E-state index in [1.54, 1.807) is 0 Å². The summed E-state index contributed by atoms with van der Waals surface area (Å²) in [5.74, 6) is 0.781. The number of carbonyl (C=O) groups is 1. The van der Waals surface area contributed by atoms with Crippen LogP contribution in [0.2, 0.25) is 0 Å². The fourth-order valence-electron chi connectivity index (χ4n) is 2.87. The number of H-pyrrole nitrogens is 2. The standard InChI is InChI=1S/C20H18BrN5O/c1-11(2)17-16(21)18(26-25-17)20(27)22-13-9-7-12(8-10-13)19-23-14-5-3-4-6-15(14)24-19/h3-11H,1-2H3,(H,22,27)(H,23,24)(H,25,26). The summed E-state index contributed by atoms with van der Waals surface area (Å²) in [6.45, 7) is 4.08. The molecule has 0 radical (unpaired) electrons. The van der Waals surface area contributed by atoms with Crippen LogP contribution < -0.4 is 5.32 Å². The second-order valence-electron chi connectivity index (χ2n) is 6.59. The average molecular weight is 424 g/mol. The van der Waals surface area contributed by atoms with Crippen molar-refractivity contribution in [3.05, 3.63) is 64.4 Å². The molecule has 1 amide bonds. The summed E-state index contributed by atoms with van der Waals surface area (Å²) in [6, 6.07) is 15.4. The van der Waals surface area contributed by atoms with Gasteiger partial charge in [0, 0.05) is 11.3 Å². The molecule has 0 aliphatic rings. The zero-order valence-electron chi connectivity index (χ0n) is 14.9. The van der Waals surface area contributed by atoms with Gasteiger partial charge in [0.15, 0.2) is 5.69 Å². The van der Waals surface area contributed by atoms with Crippen LogP contribution >= 0.6 is 15.9 Å².